The van der Waals surface area contributed by atoms with E-state index in [-0.39, 0.29) is 29.1 Å². The van der Waals surface area contributed by atoms with Gasteiger partial charge in [-0.25, -0.2) is 8.78 Å². The highest BCUT2D eigenvalue weighted by atomic mass is 19.1. The number of hydrogen-bond donors (Lipinski definition) is 1. The molecule has 130 valence electrons. The smallest absolute Gasteiger partial charge is 0.251 e. The minimum absolute atomic E-state index is 0.00505. The van der Waals surface area contributed by atoms with Gasteiger partial charge in [-0.3, -0.25) is 9.59 Å². The molecule has 1 N–H and O–H groups in total. The van der Waals surface area contributed by atoms with Crippen LogP contribution in [0.4, 0.5) is 8.78 Å². The van der Waals surface area contributed by atoms with E-state index in [2.05, 4.69) is 5.32 Å². The fraction of sp³-hybridized carbons (Fsp3) is 0.263. The molecule has 0 aromatic heterocycles. The van der Waals surface area contributed by atoms with Crippen LogP contribution in [0.15, 0.2) is 48.5 Å². The molecule has 2 aromatic carbocycles. The van der Waals surface area contributed by atoms with Crippen molar-refractivity contribution in [2.75, 3.05) is 13.1 Å². The normalized spacial score (nSPS) is 17.0. The number of amides is 2. The average molecular weight is 344 g/mol. The van der Waals surface area contributed by atoms with Crippen LogP contribution in [0.1, 0.15) is 22.3 Å². The zero-order valence-corrected chi connectivity index (χ0v) is 13.5. The molecule has 25 heavy (non-hydrogen) atoms. The molecule has 4 nitrogen and oxygen atoms in total. The van der Waals surface area contributed by atoms with Gasteiger partial charge in [0.25, 0.3) is 5.91 Å². The monoisotopic (exact) mass is 344 g/mol. The van der Waals surface area contributed by atoms with E-state index in [1.54, 1.807) is 23.1 Å². The molecule has 1 saturated heterocycles. The lowest BCUT2D eigenvalue weighted by molar-refractivity contribution is -0.128. The second-order valence-electron chi connectivity index (χ2n) is 6.19. The topological polar surface area (TPSA) is 49.4 Å². The summed E-state index contributed by atoms with van der Waals surface area (Å²) in [5, 5.41) is 2.75. The van der Waals surface area contributed by atoms with Crippen molar-refractivity contribution in [3.05, 3.63) is 71.3 Å². The first-order chi connectivity index (χ1) is 12.0. The number of benzene rings is 2. The van der Waals surface area contributed by atoms with Crippen LogP contribution in [0, 0.1) is 17.6 Å². The van der Waals surface area contributed by atoms with E-state index in [9.17, 15) is 18.4 Å². The third-order valence-electron chi connectivity index (χ3n) is 4.22. The molecule has 1 unspecified atom stereocenters. The van der Waals surface area contributed by atoms with Gasteiger partial charge in [-0.2, -0.15) is 0 Å². The molecule has 1 aliphatic rings. The van der Waals surface area contributed by atoms with Gasteiger partial charge in [0, 0.05) is 37.5 Å². The highest BCUT2D eigenvalue weighted by Gasteiger charge is 2.29. The maximum absolute atomic E-state index is 13.1. The molecule has 1 heterocycles. The van der Waals surface area contributed by atoms with E-state index in [1.165, 1.54) is 30.3 Å². The van der Waals surface area contributed by atoms with Crippen molar-refractivity contribution >= 4 is 11.8 Å². The SMILES string of the molecule is O=C(NCC1CC(=O)N(Cc2ccc(F)cc2)C1)c1cccc(F)c1. The maximum atomic E-state index is 13.1. The molecular formula is C19H18F2N2O2. The second-order valence-corrected chi connectivity index (χ2v) is 6.19. The van der Waals surface area contributed by atoms with E-state index in [4.69, 9.17) is 0 Å². The van der Waals surface area contributed by atoms with Crippen molar-refractivity contribution in [1.29, 1.82) is 0 Å². The van der Waals surface area contributed by atoms with Gasteiger partial charge in [0.2, 0.25) is 5.91 Å². The van der Waals surface area contributed by atoms with Crippen molar-refractivity contribution in [1.82, 2.24) is 10.2 Å². The Kier molecular flexibility index (Phi) is 5.07. The summed E-state index contributed by atoms with van der Waals surface area (Å²) in [4.78, 5) is 25.8. The quantitative estimate of drug-likeness (QED) is 0.907. The molecule has 0 bridgehead atoms. The van der Waals surface area contributed by atoms with E-state index in [0.717, 1.165) is 5.56 Å². The lowest BCUT2D eigenvalue weighted by Crippen LogP contribution is -2.31. The predicted octanol–water partition coefficient (Wildman–Crippen LogP) is 2.74. The van der Waals surface area contributed by atoms with Crippen LogP contribution in [-0.4, -0.2) is 29.8 Å². The summed E-state index contributed by atoms with van der Waals surface area (Å²) >= 11 is 0. The van der Waals surface area contributed by atoms with Crippen LogP contribution < -0.4 is 5.32 Å². The van der Waals surface area contributed by atoms with Gasteiger partial charge in [0.15, 0.2) is 0 Å². The molecule has 1 aliphatic heterocycles. The minimum atomic E-state index is -0.464. The Labute approximate surface area is 144 Å². The summed E-state index contributed by atoms with van der Waals surface area (Å²) in [5.74, 6) is -1.12. The van der Waals surface area contributed by atoms with Crippen molar-refractivity contribution in [2.45, 2.75) is 13.0 Å². The molecule has 2 aromatic rings. The van der Waals surface area contributed by atoms with Crippen LogP contribution in [0.5, 0.6) is 0 Å². The molecule has 3 rings (SSSR count). The molecule has 0 spiro atoms. The first kappa shape index (κ1) is 17.1. The summed E-state index contributed by atoms with van der Waals surface area (Å²) in [6, 6.07) is 11.5. The fourth-order valence-electron chi connectivity index (χ4n) is 2.92. The highest BCUT2D eigenvalue weighted by Crippen LogP contribution is 2.20. The Morgan fingerprint density at radius 1 is 1.12 bits per heavy atom. The van der Waals surface area contributed by atoms with E-state index in [0.29, 0.717) is 26.1 Å². The zero-order chi connectivity index (χ0) is 17.8. The van der Waals surface area contributed by atoms with Crippen molar-refractivity contribution < 1.29 is 18.4 Å². The van der Waals surface area contributed by atoms with Gasteiger partial charge < -0.3 is 10.2 Å². The van der Waals surface area contributed by atoms with Crippen LogP contribution >= 0.6 is 0 Å². The molecule has 0 aliphatic carbocycles. The third kappa shape index (κ3) is 4.41. The summed E-state index contributed by atoms with van der Waals surface area (Å²) < 4.78 is 26.1. The number of nitrogens with zero attached hydrogens (tertiary/aromatic N) is 1. The summed E-state index contributed by atoms with van der Waals surface area (Å²) in [7, 11) is 0. The Morgan fingerprint density at radius 2 is 1.88 bits per heavy atom. The number of hydrogen-bond acceptors (Lipinski definition) is 2. The summed E-state index contributed by atoms with van der Waals surface area (Å²) in [5.41, 5.74) is 1.12. The second kappa shape index (κ2) is 7.42. The van der Waals surface area contributed by atoms with Crippen molar-refractivity contribution in [3.63, 3.8) is 0 Å². The van der Waals surface area contributed by atoms with Crippen LogP contribution in [0.3, 0.4) is 0 Å². The Balaban J connectivity index is 1.52. The molecule has 1 atom stereocenters. The van der Waals surface area contributed by atoms with Crippen molar-refractivity contribution in [2.24, 2.45) is 5.92 Å². The number of likely N-dealkylation sites (tertiary alicyclic amines) is 1. The van der Waals surface area contributed by atoms with Crippen LogP contribution in [0.25, 0.3) is 0 Å². The van der Waals surface area contributed by atoms with Gasteiger partial charge in [0.1, 0.15) is 11.6 Å². The van der Waals surface area contributed by atoms with Crippen LogP contribution in [0.2, 0.25) is 0 Å². The number of rotatable bonds is 5. The number of carbonyl (C=O) groups is 2. The van der Waals surface area contributed by atoms with Gasteiger partial charge in [-0.05, 0) is 35.9 Å². The highest BCUT2D eigenvalue weighted by molar-refractivity contribution is 5.94. The average Bonchev–Trinajstić information content (AvgIpc) is 2.94. The van der Waals surface area contributed by atoms with Gasteiger partial charge in [0.05, 0.1) is 0 Å². The predicted molar refractivity (Wildman–Crippen MR) is 88.7 cm³/mol. The lowest BCUT2D eigenvalue weighted by Gasteiger charge is -2.17. The molecule has 0 radical (unpaired) electrons. The lowest BCUT2D eigenvalue weighted by atomic mass is 10.1. The zero-order valence-electron chi connectivity index (χ0n) is 13.5. The van der Waals surface area contributed by atoms with Gasteiger partial charge >= 0.3 is 0 Å². The molecule has 2 amide bonds. The molecule has 1 fully saturated rings. The fourth-order valence-corrected chi connectivity index (χ4v) is 2.92. The molecular weight excluding hydrogens is 326 g/mol. The Morgan fingerprint density at radius 3 is 2.60 bits per heavy atom. The Bertz CT molecular complexity index is 777. The number of carbonyl (C=O) groups excluding carboxylic acids is 2. The molecule has 0 saturated carbocycles. The summed E-state index contributed by atoms with van der Waals surface area (Å²) in [6.45, 7) is 1.30. The van der Waals surface area contributed by atoms with Crippen molar-refractivity contribution in [3.8, 4) is 0 Å². The molecule has 6 heteroatoms. The number of nitrogens with one attached hydrogen (secondary N) is 1. The minimum Gasteiger partial charge on any atom is -0.352 e. The number of halogens is 2. The third-order valence-corrected chi connectivity index (χ3v) is 4.22. The summed E-state index contributed by atoms with van der Waals surface area (Å²) in [6.07, 6.45) is 0.352. The maximum Gasteiger partial charge on any atom is 0.251 e. The van der Waals surface area contributed by atoms with E-state index in [1.807, 2.05) is 0 Å². The van der Waals surface area contributed by atoms with Crippen LogP contribution in [-0.2, 0) is 11.3 Å². The first-order valence-electron chi connectivity index (χ1n) is 8.07. The van der Waals surface area contributed by atoms with E-state index < -0.39 is 5.82 Å². The standard InChI is InChI=1S/C19H18F2N2O2/c20-16-6-4-13(5-7-16)11-23-12-14(8-18(23)24)10-22-19(25)15-2-1-3-17(21)9-15/h1-7,9,14H,8,10-12H2,(H,22,25). The Hall–Kier alpha value is -2.76. The first-order valence-corrected chi connectivity index (χ1v) is 8.07. The van der Waals surface area contributed by atoms with Gasteiger partial charge in [-0.15, -0.1) is 0 Å². The van der Waals surface area contributed by atoms with Gasteiger partial charge in [-0.1, -0.05) is 18.2 Å². The largest absolute Gasteiger partial charge is 0.352 e. The van der Waals surface area contributed by atoms with E-state index >= 15 is 0 Å².